The Morgan fingerprint density at radius 2 is 1.90 bits per heavy atom. The van der Waals surface area contributed by atoms with E-state index in [4.69, 9.17) is 9.72 Å². The molecule has 160 valence electrons. The maximum Gasteiger partial charge on any atom is 0.187 e. The van der Waals surface area contributed by atoms with E-state index in [0.717, 1.165) is 37.3 Å². The van der Waals surface area contributed by atoms with Gasteiger partial charge in [0.25, 0.3) is 0 Å². The van der Waals surface area contributed by atoms with Crippen LogP contribution in [0.2, 0.25) is 0 Å². The van der Waals surface area contributed by atoms with Crippen LogP contribution >= 0.6 is 0 Å². The van der Waals surface area contributed by atoms with Gasteiger partial charge in [0.05, 0.1) is 24.1 Å². The number of alkyl halides is 1. The highest BCUT2D eigenvalue weighted by Gasteiger charge is 2.19. The Kier molecular flexibility index (Phi) is 4.97. The number of halogens is 1. The molecule has 0 N–H and O–H groups in total. The molecule has 0 saturated carbocycles. The Morgan fingerprint density at radius 1 is 1.13 bits per heavy atom. The van der Waals surface area contributed by atoms with Crippen molar-refractivity contribution >= 4 is 11.2 Å². The molecule has 0 atom stereocenters. The molecule has 0 aliphatic carbocycles. The molecule has 1 aromatic carbocycles. The van der Waals surface area contributed by atoms with Gasteiger partial charge in [-0.2, -0.15) is 9.78 Å². The fourth-order valence-electron chi connectivity index (χ4n) is 3.82. The van der Waals surface area contributed by atoms with E-state index in [-0.39, 0.29) is 0 Å². The molecule has 0 bridgehead atoms. The summed E-state index contributed by atoms with van der Waals surface area (Å²) < 4.78 is 23.3. The van der Waals surface area contributed by atoms with E-state index in [2.05, 4.69) is 26.6 Å². The van der Waals surface area contributed by atoms with Crippen LogP contribution in [0, 0.1) is 0 Å². The number of rotatable bonds is 5. The summed E-state index contributed by atoms with van der Waals surface area (Å²) in [4.78, 5) is 9.14. The monoisotopic (exact) mass is 421 g/mol. The molecule has 1 saturated heterocycles. The lowest BCUT2D eigenvalue weighted by atomic mass is 10.0. The van der Waals surface area contributed by atoms with Crippen molar-refractivity contribution in [2.75, 3.05) is 13.2 Å². The second-order valence-corrected chi connectivity index (χ2v) is 8.36. The van der Waals surface area contributed by atoms with Crippen molar-refractivity contribution in [1.29, 1.82) is 0 Å². The van der Waals surface area contributed by atoms with Crippen LogP contribution in [0.25, 0.3) is 16.9 Å². The number of hydrogen-bond acceptors (Lipinski definition) is 6. The molecule has 1 fully saturated rings. The lowest BCUT2D eigenvalue weighted by molar-refractivity contribution is 0.0662. The van der Waals surface area contributed by atoms with E-state index in [1.54, 1.807) is 23.0 Å². The highest BCUT2D eigenvalue weighted by molar-refractivity contribution is 5.70. The smallest absolute Gasteiger partial charge is 0.187 e. The van der Waals surface area contributed by atoms with E-state index in [9.17, 15) is 4.39 Å². The molecule has 0 spiro atoms. The summed E-state index contributed by atoms with van der Waals surface area (Å²) >= 11 is 0. The average Bonchev–Trinajstić information content (AvgIpc) is 3.41. The maximum atomic E-state index is 14.2. The number of ether oxygens (including phenoxy) is 1. The van der Waals surface area contributed by atoms with Gasteiger partial charge in [0.1, 0.15) is 11.5 Å². The molecule has 1 aliphatic rings. The molecule has 4 heterocycles. The van der Waals surface area contributed by atoms with Crippen LogP contribution in [-0.2, 0) is 16.8 Å². The molecule has 1 aliphatic heterocycles. The topological polar surface area (TPSA) is 83.5 Å². The summed E-state index contributed by atoms with van der Waals surface area (Å²) in [6, 6.07) is 7.55. The summed E-state index contributed by atoms with van der Waals surface area (Å²) in [5.74, 6) is 0.670. The Morgan fingerprint density at radius 3 is 2.65 bits per heavy atom. The van der Waals surface area contributed by atoms with Crippen molar-refractivity contribution in [2.45, 2.75) is 44.8 Å². The van der Waals surface area contributed by atoms with Crippen LogP contribution < -0.4 is 0 Å². The molecule has 31 heavy (non-hydrogen) atoms. The molecular formula is C22H24FN7O. The molecule has 4 aromatic rings. The highest BCUT2D eigenvalue weighted by Crippen LogP contribution is 2.26. The van der Waals surface area contributed by atoms with E-state index in [1.807, 2.05) is 23.0 Å². The van der Waals surface area contributed by atoms with Crippen molar-refractivity contribution in [3.05, 3.63) is 59.8 Å². The average molecular weight is 421 g/mol. The van der Waals surface area contributed by atoms with E-state index in [1.165, 1.54) is 13.8 Å². The van der Waals surface area contributed by atoms with Gasteiger partial charge in [0.15, 0.2) is 11.2 Å². The summed E-state index contributed by atoms with van der Waals surface area (Å²) in [5.41, 5.74) is 2.27. The zero-order chi connectivity index (χ0) is 21.4. The maximum absolute atomic E-state index is 14.2. The Labute approximate surface area is 179 Å². The van der Waals surface area contributed by atoms with Gasteiger partial charge in [-0.3, -0.25) is 4.68 Å². The third-order valence-corrected chi connectivity index (χ3v) is 5.62. The largest absolute Gasteiger partial charge is 0.381 e. The Hall–Kier alpha value is -3.20. The summed E-state index contributed by atoms with van der Waals surface area (Å²) in [6.45, 7) is 4.63. The number of hydrogen-bond donors (Lipinski definition) is 0. The number of nitrogens with zero attached hydrogens (tertiary/aromatic N) is 7. The van der Waals surface area contributed by atoms with Crippen LogP contribution in [0.4, 0.5) is 4.39 Å². The van der Waals surface area contributed by atoms with Gasteiger partial charge in [0, 0.05) is 25.8 Å². The normalized spacial score (nSPS) is 15.6. The standard InChI is InChI=1S/C22H24FN7O/c1-22(2,23)16-3-5-18(6-4-16)30-21-19(27-28-30)13-24-20(26-21)11-15-12-25-29(14-15)17-7-9-31-10-8-17/h3-6,12-14,17H,7-11H2,1-2H3. The molecule has 0 unspecified atom stereocenters. The van der Waals surface area contributed by atoms with Crippen LogP contribution in [0.1, 0.15) is 49.7 Å². The van der Waals surface area contributed by atoms with Gasteiger partial charge >= 0.3 is 0 Å². The lowest BCUT2D eigenvalue weighted by Crippen LogP contribution is -2.19. The first-order chi connectivity index (χ1) is 15.0. The van der Waals surface area contributed by atoms with Crippen molar-refractivity contribution in [1.82, 2.24) is 34.7 Å². The van der Waals surface area contributed by atoms with Crippen molar-refractivity contribution in [3.63, 3.8) is 0 Å². The summed E-state index contributed by atoms with van der Waals surface area (Å²) in [7, 11) is 0. The first-order valence-corrected chi connectivity index (χ1v) is 10.5. The third kappa shape index (κ3) is 4.05. The number of aromatic nitrogens is 7. The predicted molar refractivity (Wildman–Crippen MR) is 113 cm³/mol. The zero-order valence-corrected chi connectivity index (χ0v) is 17.6. The first kappa shape index (κ1) is 19.7. The Balaban J connectivity index is 1.40. The fourth-order valence-corrected chi connectivity index (χ4v) is 3.82. The zero-order valence-electron chi connectivity index (χ0n) is 17.6. The predicted octanol–water partition coefficient (Wildman–Crippen LogP) is 3.55. The SMILES string of the molecule is CC(C)(F)c1ccc(-n2nnc3cnc(Cc4cnn(C5CCOCC5)c4)nc32)cc1. The van der Waals surface area contributed by atoms with Crippen LogP contribution in [0.15, 0.2) is 42.9 Å². The molecular weight excluding hydrogens is 397 g/mol. The quantitative estimate of drug-likeness (QED) is 0.490. The second-order valence-electron chi connectivity index (χ2n) is 8.36. The highest BCUT2D eigenvalue weighted by atomic mass is 19.1. The van der Waals surface area contributed by atoms with Gasteiger partial charge in [-0.05, 0) is 49.9 Å². The number of benzene rings is 1. The van der Waals surface area contributed by atoms with Gasteiger partial charge in [-0.25, -0.2) is 14.4 Å². The molecule has 5 rings (SSSR count). The molecule has 8 nitrogen and oxygen atoms in total. The first-order valence-electron chi connectivity index (χ1n) is 10.5. The minimum absolute atomic E-state index is 0.383. The van der Waals surface area contributed by atoms with E-state index < -0.39 is 5.67 Å². The minimum Gasteiger partial charge on any atom is -0.381 e. The van der Waals surface area contributed by atoms with E-state index in [0.29, 0.717) is 35.0 Å². The van der Waals surface area contributed by atoms with Crippen molar-refractivity contribution < 1.29 is 9.13 Å². The third-order valence-electron chi connectivity index (χ3n) is 5.62. The van der Waals surface area contributed by atoms with Crippen molar-refractivity contribution in [3.8, 4) is 5.69 Å². The number of fused-ring (bicyclic) bond motifs is 1. The minimum atomic E-state index is -1.40. The second kappa shape index (κ2) is 7.81. The van der Waals surface area contributed by atoms with Crippen LogP contribution in [0.5, 0.6) is 0 Å². The van der Waals surface area contributed by atoms with Gasteiger partial charge in [0.2, 0.25) is 0 Å². The molecule has 0 radical (unpaired) electrons. The van der Waals surface area contributed by atoms with Gasteiger partial charge in [-0.1, -0.05) is 17.3 Å². The van der Waals surface area contributed by atoms with Crippen LogP contribution in [0.3, 0.4) is 0 Å². The van der Waals surface area contributed by atoms with Gasteiger partial charge in [-0.15, -0.1) is 5.10 Å². The summed E-state index contributed by atoms with van der Waals surface area (Å²) in [5, 5.41) is 12.9. The Bertz CT molecular complexity index is 1190. The van der Waals surface area contributed by atoms with Crippen LogP contribution in [-0.4, -0.2) is 48.0 Å². The fraction of sp³-hybridized carbons (Fsp3) is 0.409. The van der Waals surface area contributed by atoms with Crippen molar-refractivity contribution in [2.24, 2.45) is 0 Å². The van der Waals surface area contributed by atoms with E-state index >= 15 is 0 Å². The molecule has 3 aromatic heterocycles. The molecule has 9 heteroatoms. The lowest BCUT2D eigenvalue weighted by Gasteiger charge is -2.22. The summed E-state index contributed by atoms with van der Waals surface area (Å²) in [6.07, 6.45) is 8.15. The molecule has 0 amide bonds. The van der Waals surface area contributed by atoms with Gasteiger partial charge < -0.3 is 4.74 Å².